The van der Waals surface area contributed by atoms with Crippen LogP contribution in [0.2, 0.25) is 0 Å². The average Bonchev–Trinajstić information content (AvgIpc) is 2.78. The van der Waals surface area contributed by atoms with E-state index in [2.05, 4.69) is 24.5 Å². The van der Waals surface area contributed by atoms with Gasteiger partial charge in [0, 0.05) is 5.69 Å². The predicted molar refractivity (Wildman–Crippen MR) is 131 cm³/mol. The molecule has 2 amide bonds. The van der Waals surface area contributed by atoms with E-state index in [4.69, 9.17) is 14.2 Å². The summed E-state index contributed by atoms with van der Waals surface area (Å²) in [6.07, 6.45) is 0.893. The first kappa shape index (κ1) is 26.7. The highest BCUT2D eigenvalue weighted by Crippen LogP contribution is 2.28. The van der Waals surface area contributed by atoms with E-state index < -0.39 is 18.5 Å². The molecule has 0 spiro atoms. The van der Waals surface area contributed by atoms with Gasteiger partial charge < -0.3 is 24.8 Å². The molecule has 2 N–H and O–H groups in total. The third kappa shape index (κ3) is 8.10. The minimum absolute atomic E-state index is 0.226. The Labute approximate surface area is 201 Å². The molecular formula is C26H34N2O6. The molecular weight excluding hydrogens is 436 g/mol. The summed E-state index contributed by atoms with van der Waals surface area (Å²) < 4.78 is 16.1. The molecule has 0 saturated heterocycles. The third-order valence-corrected chi connectivity index (χ3v) is 5.07. The zero-order valence-corrected chi connectivity index (χ0v) is 20.7. The van der Waals surface area contributed by atoms with Crippen LogP contribution in [0.3, 0.4) is 0 Å². The second kappa shape index (κ2) is 12.6. The Bertz CT molecular complexity index is 1010. The highest BCUT2D eigenvalue weighted by molar-refractivity contribution is 5.96. The molecule has 0 unspecified atom stereocenters. The first-order valence-electron chi connectivity index (χ1n) is 11.2. The second-order valence-electron chi connectivity index (χ2n) is 8.57. The maximum absolute atomic E-state index is 12.3. The Kier molecular flexibility index (Phi) is 9.92. The number of aryl methyl sites for hydroxylation is 3. The lowest BCUT2D eigenvalue weighted by Gasteiger charge is -2.14. The maximum atomic E-state index is 12.3. The van der Waals surface area contributed by atoms with Gasteiger partial charge in [-0.25, -0.2) is 4.79 Å². The Morgan fingerprint density at radius 1 is 0.941 bits per heavy atom. The number of rotatable bonds is 11. The van der Waals surface area contributed by atoms with Crippen LogP contribution in [-0.2, 0) is 14.3 Å². The third-order valence-electron chi connectivity index (χ3n) is 5.07. The number of methoxy groups -OCH3 is 1. The highest BCUT2D eigenvalue weighted by Gasteiger charge is 2.15. The van der Waals surface area contributed by atoms with E-state index in [1.807, 2.05) is 32.9 Å². The van der Waals surface area contributed by atoms with E-state index in [9.17, 15) is 14.4 Å². The summed E-state index contributed by atoms with van der Waals surface area (Å²) in [5.41, 5.74) is 3.94. The van der Waals surface area contributed by atoms with Crippen molar-refractivity contribution >= 4 is 23.5 Å². The molecule has 8 nitrogen and oxygen atoms in total. The Morgan fingerprint density at radius 2 is 1.62 bits per heavy atom. The number of nitrogens with one attached hydrogen (secondary N) is 2. The zero-order chi connectivity index (χ0) is 25.3. The Morgan fingerprint density at radius 3 is 2.24 bits per heavy atom. The maximum Gasteiger partial charge on any atom is 0.338 e. The van der Waals surface area contributed by atoms with Gasteiger partial charge in [0.25, 0.3) is 5.91 Å². The minimum Gasteiger partial charge on any atom is -0.493 e. The largest absolute Gasteiger partial charge is 0.493 e. The summed E-state index contributed by atoms with van der Waals surface area (Å²) in [6, 6.07) is 8.63. The summed E-state index contributed by atoms with van der Waals surface area (Å²) in [4.78, 5) is 36.6. The van der Waals surface area contributed by atoms with E-state index in [-0.39, 0.29) is 18.0 Å². The lowest BCUT2D eigenvalue weighted by molar-refractivity contribution is -0.126. The summed E-state index contributed by atoms with van der Waals surface area (Å²) in [5.74, 6) is -0.191. The highest BCUT2D eigenvalue weighted by atomic mass is 16.5. The van der Waals surface area contributed by atoms with Gasteiger partial charge in [0.05, 0.1) is 25.8 Å². The van der Waals surface area contributed by atoms with Crippen LogP contribution >= 0.6 is 0 Å². The van der Waals surface area contributed by atoms with Crippen LogP contribution in [0.5, 0.6) is 11.5 Å². The zero-order valence-electron chi connectivity index (χ0n) is 20.7. The fourth-order valence-electron chi connectivity index (χ4n) is 3.32. The number of amides is 2. The lowest BCUT2D eigenvalue weighted by atomic mass is 10.1. The average molecular weight is 471 g/mol. The van der Waals surface area contributed by atoms with Gasteiger partial charge in [-0.3, -0.25) is 9.59 Å². The van der Waals surface area contributed by atoms with Crippen molar-refractivity contribution in [2.75, 3.05) is 32.2 Å². The monoisotopic (exact) mass is 470 g/mol. The van der Waals surface area contributed by atoms with Crippen LogP contribution in [0.25, 0.3) is 0 Å². The normalized spacial score (nSPS) is 10.6. The Hall–Kier alpha value is -3.55. The van der Waals surface area contributed by atoms with Gasteiger partial charge in [-0.05, 0) is 62.4 Å². The molecule has 0 fully saturated rings. The van der Waals surface area contributed by atoms with E-state index in [1.54, 1.807) is 12.1 Å². The van der Waals surface area contributed by atoms with Crippen molar-refractivity contribution in [3.63, 3.8) is 0 Å². The van der Waals surface area contributed by atoms with Crippen LogP contribution in [0.15, 0.2) is 30.3 Å². The summed E-state index contributed by atoms with van der Waals surface area (Å²) in [6.45, 7) is 9.80. The topological polar surface area (TPSA) is 103 Å². The number of anilines is 1. The summed E-state index contributed by atoms with van der Waals surface area (Å²) in [7, 11) is 1.48. The number of carbonyl (C=O) groups is 3. The first-order valence-corrected chi connectivity index (χ1v) is 11.2. The van der Waals surface area contributed by atoms with Crippen LogP contribution in [0.4, 0.5) is 5.69 Å². The van der Waals surface area contributed by atoms with Crippen molar-refractivity contribution in [2.24, 2.45) is 5.92 Å². The van der Waals surface area contributed by atoms with Crippen molar-refractivity contribution in [2.45, 2.75) is 41.0 Å². The number of carbonyl (C=O) groups excluding carboxylic acids is 3. The summed E-state index contributed by atoms with van der Waals surface area (Å²) >= 11 is 0. The number of hydrogen-bond donors (Lipinski definition) is 2. The van der Waals surface area contributed by atoms with E-state index >= 15 is 0 Å². The van der Waals surface area contributed by atoms with Gasteiger partial charge in [-0.2, -0.15) is 0 Å². The van der Waals surface area contributed by atoms with E-state index in [1.165, 1.54) is 13.2 Å². The molecule has 0 atom stereocenters. The molecule has 0 aliphatic heterocycles. The molecule has 0 aromatic heterocycles. The molecule has 2 rings (SSSR count). The van der Waals surface area contributed by atoms with Crippen LogP contribution in [0, 0.1) is 26.7 Å². The van der Waals surface area contributed by atoms with Gasteiger partial charge in [-0.1, -0.05) is 31.5 Å². The van der Waals surface area contributed by atoms with Gasteiger partial charge >= 0.3 is 5.97 Å². The molecule has 0 saturated carbocycles. The lowest BCUT2D eigenvalue weighted by Crippen LogP contribution is -2.35. The Balaban J connectivity index is 1.83. The van der Waals surface area contributed by atoms with Crippen LogP contribution in [0.1, 0.15) is 47.3 Å². The summed E-state index contributed by atoms with van der Waals surface area (Å²) in [5, 5.41) is 5.25. The first-order chi connectivity index (χ1) is 16.1. The number of hydrogen-bond acceptors (Lipinski definition) is 6. The molecule has 0 heterocycles. The van der Waals surface area contributed by atoms with Gasteiger partial charge in [0.15, 0.2) is 18.1 Å². The second-order valence-corrected chi connectivity index (χ2v) is 8.57. The smallest absolute Gasteiger partial charge is 0.338 e. The van der Waals surface area contributed by atoms with Crippen molar-refractivity contribution in [3.8, 4) is 11.5 Å². The molecule has 0 radical (unpaired) electrons. The van der Waals surface area contributed by atoms with E-state index in [0.717, 1.165) is 28.8 Å². The molecule has 0 bridgehead atoms. The van der Waals surface area contributed by atoms with Crippen LogP contribution < -0.4 is 20.1 Å². The van der Waals surface area contributed by atoms with Crippen LogP contribution in [-0.4, -0.2) is 44.7 Å². The standard InChI is InChI=1S/C26H34N2O6/c1-16(2)9-10-33-21-8-7-20(13-22(21)32-6)26(31)34-15-24(30)27-14-23(29)28-25-18(4)11-17(3)12-19(25)5/h7-8,11-13,16H,9-10,14-15H2,1-6H3,(H,27,30)(H,28,29). The van der Waals surface area contributed by atoms with E-state index in [0.29, 0.717) is 24.0 Å². The minimum atomic E-state index is -0.683. The van der Waals surface area contributed by atoms with Crippen molar-refractivity contribution < 1.29 is 28.6 Å². The van der Waals surface area contributed by atoms with Gasteiger partial charge in [0.2, 0.25) is 5.91 Å². The molecule has 184 valence electrons. The van der Waals surface area contributed by atoms with Crippen molar-refractivity contribution in [1.82, 2.24) is 5.32 Å². The van der Waals surface area contributed by atoms with Crippen molar-refractivity contribution in [1.29, 1.82) is 0 Å². The molecule has 0 aliphatic carbocycles. The number of benzene rings is 2. The molecule has 34 heavy (non-hydrogen) atoms. The SMILES string of the molecule is COc1cc(C(=O)OCC(=O)NCC(=O)Nc2c(C)cc(C)cc2C)ccc1OCCC(C)C. The predicted octanol–water partition coefficient (Wildman–Crippen LogP) is 3.96. The number of ether oxygens (including phenoxy) is 3. The van der Waals surface area contributed by atoms with Gasteiger partial charge in [-0.15, -0.1) is 0 Å². The van der Waals surface area contributed by atoms with Crippen molar-refractivity contribution in [3.05, 3.63) is 52.6 Å². The molecule has 8 heteroatoms. The molecule has 2 aromatic rings. The molecule has 2 aromatic carbocycles. The quantitative estimate of drug-likeness (QED) is 0.482. The molecule has 0 aliphatic rings. The van der Waals surface area contributed by atoms with Gasteiger partial charge in [0.1, 0.15) is 0 Å². The fourth-order valence-corrected chi connectivity index (χ4v) is 3.32. The fraction of sp³-hybridized carbons (Fsp3) is 0.423. The number of esters is 1.